The van der Waals surface area contributed by atoms with Crippen molar-refractivity contribution >= 4 is 29.2 Å². The normalized spacial score (nSPS) is 15.4. The maximum atomic E-state index is 12.1. The van der Waals surface area contributed by atoms with Gasteiger partial charge in [0.25, 0.3) is 17.5 Å². The number of imide groups is 1. The van der Waals surface area contributed by atoms with Crippen LogP contribution >= 0.6 is 0 Å². The Morgan fingerprint density at radius 1 is 0.955 bits per heavy atom. The van der Waals surface area contributed by atoms with Gasteiger partial charge < -0.3 is 0 Å². The lowest BCUT2D eigenvalue weighted by Crippen LogP contribution is -2.36. The van der Waals surface area contributed by atoms with Crippen LogP contribution in [0.3, 0.4) is 0 Å². The lowest BCUT2D eigenvalue weighted by molar-refractivity contribution is -0.384. The van der Waals surface area contributed by atoms with Crippen LogP contribution in [-0.4, -0.2) is 16.7 Å². The summed E-state index contributed by atoms with van der Waals surface area (Å²) in [6, 6.07) is 12.7. The molecule has 0 aliphatic carbocycles. The van der Waals surface area contributed by atoms with Crippen molar-refractivity contribution in [1.82, 2.24) is 5.32 Å². The quantitative estimate of drug-likeness (QED) is 0.398. The van der Waals surface area contributed by atoms with Crippen molar-refractivity contribution in [3.05, 3.63) is 75.3 Å². The Kier molecular flexibility index (Phi) is 3.27. The number of amides is 2. The van der Waals surface area contributed by atoms with Crippen molar-refractivity contribution in [2.45, 2.75) is 0 Å². The fourth-order valence-electron chi connectivity index (χ4n) is 2.31. The summed E-state index contributed by atoms with van der Waals surface area (Å²) in [4.78, 5) is 34.2. The molecule has 0 bridgehead atoms. The molecule has 0 spiro atoms. The molecular formula is C16H10N2O4. The number of carbonyl (C=O) groups is 2. The number of nitrogens with one attached hydrogen (secondary N) is 1. The molecule has 1 aliphatic heterocycles. The molecule has 0 aromatic heterocycles. The molecule has 0 radical (unpaired) electrons. The van der Waals surface area contributed by atoms with E-state index in [0.29, 0.717) is 22.3 Å². The van der Waals surface area contributed by atoms with Gasteiger partial charge in [-0.05, 0) is 23.3 Å². The molecule has 22 heavy (non-hydrogen) atoms. The van der Waals surface area contributed by atoms with Gasteiger partial charge in [-0.25, -0.2) is 0 Å². The fourth-order valence-corrected chi connectivity index (χ4v) is 2.31. The van der Waals surface area contributed by atoms with Gasteiger partial charge in [-0.1, -0.05) is 30.3 Å². The largest absolute Gasteiger partial charge is 0.288 e. The maximum Gasteiger partial charge on any atom is 0.270 e. The van der Waals surface area contributed by atoms with Crippen LogP contribution in [-0.2, 0) is 4.79 Å². The molecule has 0 unspecified atom stereocenters. The minimum atomic E-state index is -0.518. The number of hydrogen-bond donors (Lipinski definition) is 1. The predicted molar refractivity (Wildman–Crippen MR) is 79.9 cm³/mol. The highest BCUT2D eigenvalue weighted by Crippen LogP contribution is 2.26. The number of hydrogen-bond acceptors (Lipinski definition) is 4. The molecule has 2 amide bonds. The summed E-state index contributed by atoms with van der Waals surface area (Å²) in [6.07, 6.45) is 1.54. The van der Waals surface area contributed by atoms with Crippen molar-refractivity contribution in [2.75, 3.05) is 0 Å². The predicted octanol–water partition coefficient (Wildman–Crippen LogP) is 2.41. The van der Waals surface area contributed by atoms with Crippen LogP contribution in [0.4, 0.5) is 5.69 Å². The van der Waals surface area contributed by atoms with Gasteiger partial charge in [-0.15, -0.1) is 0 Å². The molecule has 2 aromatic carbocycles. The van der Waals surface area contributed by atoms with Crippen LogP contribution in [0.2, 0.25) is 0 Å². The van der Waals surface area contributed by atoms with Crippen molar-refractivity contribution in [2.24, 2.45) is 0 Å². The minimum Gasteiger partial charge on any atom is -0.288 e. The van der Waals surface area contributed by atoms with E-state index in [1.165, 1.54) is 18.2 Å². The Morgan fingerprint density at radius 3 is 2.41 bits per heavy atom. The topological polar surface area (TPSA) is 89.3 Å². The first kappa shape index (κ1) is 13.7. The lowest BCUT2D eigenvalue weighted by atomic mass is 9.93. The smallest absolute Gasteiger partial charge is 0.270 e. The molecule has 6 heteroatoms. The zero-order valence-corrected chi connectivity index (χ0v) is 11.3. The summed E-state index contributed by atoms with van der Waals surface area (Å²) in [5, 5.41) is 13.1. The molecule has 0 atom stereocenters. The van der Waals surface area contributed by atoms with Gasteiger partial charge in [0.2, 0.25) is 0 Å². The first-order valence-electron chi connectivity index (χ1n) is 6.47. The highest BCUT2D eigenvalue weighted by atomic mass is 16.6. The Balaban J connectivity index is 2.13. The molecular weight excluding hydrogens is 284 g/mol. The van der Waals surface area contributed by atoms with Crippen LogP contribution in [0.5, 0.6) is 0 Å². The average molecular weight is 294 g/mol. The number of non-ortho nitro benzene ring substituents is 1. The zero-order valence-electron chi connectivity index (χ0n) is 11.3. The van der Waals surface area contributed by atoms with E-state index in [0.717, 1.165) is 0 Å². The SMILES string of the molecule is O=C1NC(=O)c2ccccc2/C1=C/c1cccc([N+](=O)[O-])c1. The summed E-state index contributed by atoms with van der Waals surface area (Å²) in [5.41, 5.74) is 1.68. The summed E-state index contributed by atoms with van der Waals surface area (Å²) in [5.74, 6) is -0.966. The molecule has 1 heterocycles. The summed E-state index contributed by atoms with van der Waals surface area (Å²) < 4.78 is 0. The monoisotopic (exact) mass is 294 g/mol. The first-order valence-corrected chi connectivity index (χ1v) is 6.47. The van der Waals surface area contributed by atoms with E-state index in [4.69, 9.17) is 0 Å². The molecule has 0 fully saturated rings. The number of benzene rings is 2. The number of rotatable bonds is 2. The van der Waals surface area contributed by atoms with Crippen molar-refractivity contribution in [3.8, 4) is 0 Å². The molecule has 108 valence electrons. The third-order valence-corrected chi connectivity index (χ3v) is 3.33. The Morgan fingerprint density at radius 2 is 1.68 bits per heavy atom. The second-order valence-electron chi connectivity index (χ2n) is 4.74. The standard InChI is InChI=1S/C16H10N2O4/c19-15-13-7-2-1-6-12(13)14(16(20)17-15)9-10-4-3-5-11(8-10)18(21)22/h1-9H,(H,17,19,20)/b14-9-. The van der Waals surface area contributed by atoms with Gasteiger partial charge in [0.1, 0.15) is 0 Å². The van der Waals surface area contributed by atoms with E-state index in [-0.39, 0.29) is 5.69 Å². The number of nitro benzene ring substituents is 1. The number of fused-ring (bicyclic) bond motifs is 1. The lowest BCUT2D eigenvalue weighted by Gasteiger charge is -2.17. The van der Waals surface area contributed by atoms with Gasteiger partial charge in [-0.3, -0.25) is 25.0 Å². The van der Waals surface area contributed by atoms with E-state index in [2.05, 4.69) is 5.32 Å². The summed E-state index contributed by atoms with van der Waals surface area (Å²) in [6.45, 7) is 0. The van der Waals surface area contributed by atoms with Gasteiger partial charge >= 0.3 is 0 Å². The van der Waals surface area contributed by atoms with E-state index < -0.39 is 16.7 Å². The van der Waals surface area contributed by atoms with Crippen molar-refractivity contribution in [3.63, 3.8) is 0 Å². The molecule has 0 saturated carbocycles. The van der Waals surface area contributed by atoms with Gasteiger partial charge in [-0.2, -0.15) is 0 Å². The molecule has 0 saturated heterocycles. The first-order chi connectivity index (χ1) is 10.6. The van der Waals surface area contributed by atoms with E-state index in [1.807, 2.05) is 0 Å². The minimum absolute atomic E-state index is 0.0603. The Bertz CT molecular complexity index is 840. The highest BCUT2D eigenvalue weighted by Gasteiger charge is 2.26. The molecule has 1 N–H and O–H groups in total. The third-order valence-electron chi connectivity index (χ3n) is 3.33. The van der Waals surface area contributed by atoms with Gasteiger partial charge in [0, 0.05) is 23.3 Å². The van der Waals surface area contributed by atoms with Crippen LogP contribution in [0.25, 0.3) is 11.6 Å². The van der Waals surface area contributed by atoms with E-state index >= 15 is 0 Å². The van der Waals surface area contributed by atoms with Crippen molar-refractivity contribution < 1.29 is 14.5 Å². The maximum absolute atomic E-state index is 12.1. The Hall–Kier alpha value is -3.28. The number of nitro groups is 1. The highest BCUT2D eigenvalue weighted by molar-refractivity contribution is 6.33. The molecule has 6 nitrogen and oxygen atoms in total. The zero-order chi connectivity index (χ0) is 15.7. The van der Waals surface area contributed by atoms with E-state index in [1.54, 1.807) is 36.4 Å². The third kappa shape index (κ3) is 2.37. The van der Waals surface area contributed by atoms with Crippen LogP contribution in [0.15, 0.2) is 48.5 Å². The van der Waals surface area contributed by atoms with E-state index in [9.17, 15) is 19.7 Å². The van der Waals surface area contributed by atoms with Crippen LogP contribution in [0.1, 0.15) is 21.5 Å². The molecule has 3 rings (SSSR count). The second-order valence-corrected chi connectivity index (χ2v) is 4.74. The Labute approximate surface area is 125 Å². The number of nitrogens with zero attached hydrogens (tertiary/aromatic N) is 1. The van der Waals surface area contributed by atoms with Gasteiger partial charge in [0.15, 0.2) is 0 Å². The fraction of sp³-hybridized carbons (Fsp3) is 0. The van der Waals surface area contributed by atoms with Crippen LogP contribution < -0.4 is 5.32 Å². The van der Waals surface area contributed by atoms with Gasteiger partial charge in [0.05, 0.1) is 4.92 Å². The van der Waals surface area contributed by atoms with Crippen LogP contribution in [0, 0.1) is 10.1 Å². The summed E-state index contributed by atoms with van der Waals surface area (Å²) in [7, 11) is 0. The second kappa shape index (κ2) is 5.25. The van der Waals surface area contributed by atoms with Crippen molar-refractivity contribution in [1.29, 1.82) is 0 Å². The molecule has 1 aliphatic rings. The average Bonchev–Trinajstić information content (AvgIpc) is 2.52. The number of carbonyl (C=O) groups excluding carboxylic acids is 2. The summed E-state index contributed by atoms with van der Waals surface area (Å²) >= 11 is 0. The molecule has 2 aromatic rings.